The van der Waals surface area contributed by atoms with E-state index >= 15 is 0 Å². The maximum absolute atomic E-state index is 11.5. The second-order valence-electron chi connectivity index (χ2n) is 4.09. The summed E-state index contributed by atoms with van der Waals surface area (Å²) in [5, 5.41) is 10.7. The quantitative estimate of drug-likeness (QED) is 0.682. The molecule has 0 radical (unpaired) electrons. The Hall–Kier alpha value is -1.97. The highest BCUT2D eigenvalue weighted by atomic mass is 16.5. The fraction of sp³-hybridized carbons (Fsp3) is 0.250. The fourth-order valence-corrected chi connectivity index (χ4v) is 2.42. The maximum atomic E-state index is 11.5. The first-order valence-corrected chi connectivity index (χ1v) is 5.29. The zero-order valence-corrected chi connectivity index (χ0v) is 8.97. The van der Waals surface area contributed by atoms with E-state index in [2.05, 4.69) is 0 Å². The molecule has 3 rings (SSSR count). The summed E-state index contributed by atoms with van der Waals surface area (Å²) < 4.78 is 1.14. The van der Waals surface area contributed by atoms with E-state index in [1.54, 1.807) is 18.0 Å². The van der Waals surface area contributed by atoms with Gasteiger partial charge in [0.2, 0.25) is 5.91 Å². The highest BCUT2D eigenvalue weighted by molar-refractivity contribution is 6.05. The molecule has 0 unspecified atom stereocenters. The molecule has 1 N–H and O–H groups in total. The van der Waals surface area contributed by atoms with E-state index in [0.29, 0.717) is 6.54 Å². The second-order valence-corrected chi connectivity index (χ2v) is 4.09. The second kappa shape index (κ2) is 3.01. The average Bonchev–Trinajstić information content (AvgIpc) is 2.58. The molecule has 2 heterocycles. The van der Waals surface area contributed by atoms with E-state index in [0.717, 1.165) is 33.3 Å². The lowest BCUT2D eigenvalue weighted by molar-refractivity contribution is -0.116. The van der Waals surface area contributed by atoms with Crippen molar-refractivity contribution in [3.63, 3.8) is 0 Å². The Morgan fingerprint density at radius 3 is 3.00 bits per heavy atom. The molecule has 0 aliphatic carbocycles. The topological polar surface area (TPSA) is 45.5 Å². The van der Waals surface area contributed by atoms with Crippen molar-refractivity contribution >= 4 is 22.5 Å². The van der Waals surface area contributed by atoms with Gasteiger partial charge in [-0.2, -0.15) is 4.73 Å². The number of benzene rings is 1. The number of hydrogen-bond donors (Lipinski definition) is 1. The van der Waals surface area contributed by atoms with Crippen LogP contribution in [0.5, 0.6) is 0 Å². The molecule has 0 spiro atoms. The summed E-state index contributed by atoms with van der Waals surface area (Å²) >= 11 is 0. The summed E-state index contributed by atoms with van der Waals surface area (Å²) in [7, 11) is 0. The van der Waals surface area contributed by atoms with Crippen molar-refractivity contribution in [3.8, 4) is 0 Å². The molecule has 0 saturated carbocycles. The first-order chi connectivity index (χ1) is 7.68. The first-order valence-electron chi connectivity index (χ1n) is 5.29. The van der Waals surface area contributed by atoms with Gasteiger partial charge >= 0.3 is 0 Å². The van der Waals surface area contributed by atoms with Gasteiger partial charge in [-0.05, 0) is 24.1 Å². The summed E-state index contributed by atoms with van der Waals surface area (Å²) in [5.41, 5.74) is 2.77. The van der Waals surface area contributed by atoms with Crippen LogP contribution >= 0.6 is 0 Å². The van der Waals surface area contributed by atoms with Crippen molar-refractivity contribution in [1.29, 1.82) is 0 Å². The molecule has 0 bridgehead atoms. The molecule has 0 fully saturated rings. The minimum atomic E-state index is 0.0452. The summed E-state index contributed by atoms with van der Waals surface area (Å²) in [6, 6.07) is 5.63. The maximum Gasteiger partial charge on any atom is 0.223 e. The van der Waals surface area contributed by atoms with Gasteiger partial charge in [-0.15, -0.1) is 0 Å². The zero-order valence-electron chi connectivity index (χ0n) is 8.97. The Balaban J connectivity index is 2.36. The summed E-state index contributed by atoms with van der Waals surface area (Å²) in [4.78, 5) is 13.3. The van der Waals surface area contributed by atoms with Crippen LogP contribution in [0, 0.1) is 0 Å². The largest absolute Gasteiger partial charge is 0.428 e. The third kappa shape index (κ3) is 1.07. The van der Waals surface area contributed by atoms with Gasteiger partial charge in [0.05, 0.1) is 11.2 Å². The Bertz CT molecular complexity index is 586. The Morgan fingerprint density at radius 1 is 1.44 bits per heavy atom. The first kappa shape index (κ1) is 9.27. The number of nitrogens with zero attached hydrogens (tertiary/aromatic N) is 2. The van der Waals surface area contributed by atoms with Gasteiger partial charge in [0.1, 0.15) is 0 Å². The van der Waals surface area contributed by atoms with Crippen LogP contribution in [0.15, 0.2) is 24.4 Å². The third-order valence-electron chi connectivity index (χ3n) is 3.14. The van der Waals surface area contributed by atoms with E-state index in [-0.39, 0.29) is 5.91 Å². The van der Waals surface area contributed by atoms with Crippen LogP contribution < -0.4 is 4.90 Å². The third-order valence-corrected chi connectivity index (χ3v) is 3.14. The van der Waals surface area contributed by atoms with Gasteiger partial charge in [0, 0.05) is 25.1 Å². The lowest BCUT2D eigenvalue weighted by atomic mass is 10.0. The molecule has 4 nitrogen and oxygen atoms in total. The summed E-state index contributed by atoms with van der Waals surface area (Å²) in [6.07, 6.45) is 2.52. The summed E-state index contributed by atoms with van der Waals surface area (Å²) in [6.45, 7) is 2.26. The highest BCUT2D eigenvalue weighted by Crippen LogP contribution is 2.34. The van der Waals surface area contributed by atoms with Crippen LogP contribution in [0.2, 0.25) is 0 Å². The number of hydrogen-bond acceptors (Lipinski definition) is 2. The van der Waals surface area contributed by atoms with Crippen molar-refractivity contribution in [2.75, 3.05) is 11.4 Å². The molecule has 1 aliphatic rings. The molecule has 1 aromatic heterocycles. The van der Waals surface area contributed by atoms with Crippen LogP contribution in [0.3, 0.4) is 0 Å². The van der Waals surface area contributed by atoms with Crippen LogP contribution in [0.4, 0.5) is 5.69 Å². The van der Waals surface area contributed by atoms with Crippen molar-refractivity contribution in [1.82, 2.24) is 4.73 Å². The van der Waals surface area contributed by atoms with Crippen molar-refractivity contribution in [3.05, 3.63) is 30.0 Å². The van der Waals surface area contributed by atoms with Crippen LogP contribution in [0.1, 0.15) is 12.5 Å². The number of rotatable bonds is 0. The van der Waals surface area contributed by atoms with Gasteiger partial charge < -0.3 is 10.1 Å². The lowest BCUT2D eigenvalue weighted by Crippen LogP contribution is -2.32. The Morgan fingerprint density at radius 2 is 2.25 bits per heavy atom. The standard InChI is InChI=1S/C12H12N2O2/c1-8(15)13-6-5-9-7-14(16)11-4-2-3-10(13)12(9)11/h2-4,7,16H,5-6H2,1H3. The molecule has 1 aliphatic heterocycles. The predicted octanol–water partition coefficient (Wildman–Crippen LogP) is 1.79. The molecular formula is C12H12N2O2. The van der Waals surface area contributed by atoms with Crippen molar-refractivity contribution in [2.24, 2.45) is 0 Å². The van der Waals surface area contributed by atoms with Crippen molar-refractivity contribution < 1.29 is 10.0 Å². The molecule has 1 amide bonds. The van der Waals surface area contributed by atoms with Crippen molar-refractivity contribution in [2.45, 2.75) is 13.3 Å². The normalized spacial score (nSPS) is 14.4. The van der Waals surface area contributed by atoms with Gasteiger partial charge in [0.25, 0.3) is 0 Å². The minimum Gasteiger partial charge on any atom is -0.428 e. The van der Waals surface area contributed by atoms with Gasteiger partial charge in [0.15, 0.2) is 0 Å². The van der Waals surface area contributed by atoms with E-state index in [1.165, 1.54) is 0 Å². The molecule has 2 aromatic rings. The Labute approximate surface area is 92.7 Å². The molecular weight excluding hydrogens is 204 g/mol. The smallest absolute Gasteiger partial charge is 0.223 e. The SMILES string of the molecule is CC(=O)N1CCc2cn(O)c3cccc1c23. The van der Waals surface area contributed by atoms with Gasteiger partial charge in [-0.1, -0.05) is 6.07 Å². The minimum absolute atomic E-state index is 0.0452. The molecule has 82 valence electrons. The lowest BCUT2D eigenvalue weighted by Gasteiger charge is -2.26. The molecule has 4 heteroatoms. The van der Waals surface area contributed by atoms with Crippen LogP contribution in [-0.4, -0.2) is 22.4 Å². The number of aromatic nitrogens is 1. The average molecular weight is 216 g/mol. The predicted molar refractivity (Wildman–Crippen MR) is 60.9 cm³/mol. The van der Waals surface area contributed by atoms with E-state index in [4.69, 9.17) is 0 Å². The Kier molecular flexibility index (Phi) is 1.74. The molecule has 0 atom stereocenters. The van der Waals surface area contributed by atoms with E-state index in [1.807, 2.05) is 18.2 Å². The van der Waals surface area contributed by atoms with E-state index in [9.17, 15) is 10.0 Å². The van der Waals surface area contributed by atoms with Gasteiger partial charge in [-0.25, -0.2) is 0 Å². The molecule has 1 aromatic carbocycles. The number of anilines is 1. The zero-order chi connectivity index (χ0) is 11.3. The fourth-order valence-electron chi connectivity index (χ4n) is 2.42. The highest BCUT2D eigenvalue weighted by Gasteiger charge is 2.23. The number of carbonyl (C=O) groups is 1. The van der Waals surface area contributed by atoms with E-state index < -0.39 is 0 Å². The summed E-state index contributed by atoms with van der Waals surface area (Å²) in [5.74, 6) is 0.0452. The number of carbonyl (C=O) groups excluding carboxylic acids is 1. The van der Waals surface area contributed by atoms with Crippen LogP contribution in [-0.2, 0) is 11.2 Å². The molecule has 16 heavy (non-hydrogen) atoms. The van der Waals surface area contributed by atoms with Crippen LogP contribution in [0.25, 0.3) is 10.9 Å². The van der Waals surface area contributed by atoms with Gasteiger partial charge in [-0.3, -0.25) is 4.79 Å². The molecule has 0 saturated heterocycles. The monoisotopic (exact) mass is 216 g/mol. The number of amides is 1.